The molecule has 2 unspecified atom stereocenters. The van der Waals surface area contributed by atoms with Gasteiger partial charge in [-0.25, -0.2) is 9.40 Å². The molecule has 0 radical (unpaired) electrons. The molecule has 3 rings (SSSR count). The number of hydrogen-bond donors (Lipinski definition) is 2. The third-order valence-electron chi connectivity index (χ3n) is 4.50. The highest BCUT2D eigenvalue weighted by Gasteiger charge is 2.28. The van der Waals surface area contributed by atoms with E-state index in [0.717, 1.165) is 0 Å². The maximum atomic E-state index is 13.8. The molecule has 1 amide bonds. The van der Waals surface area contributed by atoms with Crippen molar-refractivity contribution in [2.45, 2.75) is 18.8 Å². The van der Waals surface area contributed by atoms with Crippen molar-refractivity contribution in [1.29, 1.82) is 0 Å². The van der Waals surface area contributed by atoms with Gasteiger partial charge in [-0.1, -0.05) is 6.07 Å². The number of amides is 1. The van der Waals surface area contributed by atoms with Crippen molar-refractivity contribution >= 4 is 17.3 Å². The monoisotopic (exact) mass is 449 g/mol. The van der Waals surface area contributed by atoms with Crippen LogP contribution in [0.3, 0.4) is 0 Å². The van der Waals surface area contributed by atoms with Crippen molar-refractivity contribution < 1.29 is 32.5 Å². The summed E-state index contributed by atoms with van der Waals surface area (Å²) in [5.41, 5.74) is 1.35. The van der Waals surface area contributed by atoms with Gasteiger partial charge < -0.3 is 19.9 Å². The van der Waals surface area contributed by atoms with Crippen molar-refractivity contribution in [2.24, 2.45) is 5.10 Å². The van der Waals surface area contributed by atoms with Gasteiger partial charge in [-0.15, -0.1) is 0 Å². The van der Waals surface area contributed by atoms with Crippen LogP contribution in [0.2, 0.25) is 0 Å². The predicted octanol–water partition coefficient (Wildman–Crippen LogP) is 2.70. The molecule has 1 heterocycles. The number of anilines is 1. The van der Waals surface area contributed by atoms with Crippen molar-refractivity contribution in [3.63, 3.8) is 0 Å². The standard InChI is InChI=1S/C22H22F3N3O4/c1-31-13-17(29)12-26-21(30)20-10-9-19(14-5-7-18(8-6-14)32-22(24)25)27-28(20)16-4-2-3-15(23)11-16/h2-11,17,20,22,29H,12-13H2,1H3,(H,26,30). The van der Waals surface area contributed by atoms with Gasteiger partial charge >= 0.3 is 6.61 Å². The second kappa shape index (κ2) is 10.8. The molecule has 2 N–H and O–H groups in total. The maximum absolute atomic E-state index is 13.8. The van der Waals surface area contributed by atoms with Gasteiger partial charge in [0.2, 0.25) is 5.91 Å². The molecule has 2 aromatic rings. The van der Waals surface area contributed by atoms with E-state index in [4.69, 9.17) is 4.74 Å². The number of methoxy groups -OCH3 is 1. The first-order valence-electron chi connectivity index (χ1n) is 9.69. The van der Waals surface area contributed by atoms with Gasteiger partial charge in [0, 0.05) is 19.2 Å². The molecule has 0 fully saturated rings. The van der Waals surface area contributed by atoms with E-state index in [1.165, 1.54) is 42.5 Å². The number of alkyl halides is 2. The molecule has 7 nitrogen and oxygen atoms in total. The van der Waals surface area contributed by atoms with E-state index in [1.807, 2.05) is 0 Å². The van der Waals surface area contributed by atoms with Crippen LogP contribution in [-0.4, -0.2) is 55.7 Å². The first-order chi connectivity index (χ1) is 15.4. The minimum Gasteiger partial charge on any atom is -0.435 e. The summed E-state index contributed by atoms with van der Waals surface area (Å²) in [6, 6.07) is 10.5. The molecule has 0 saturated carbocycles. The summed E-state index contributed by atoms with van der Waals surface area (Å²) < 4.78 is 47.8. The quantitative estimate of drug-likeness (QED) is 0.615. The number of hydrogen-bond acceptors (Lipinski definition) is 6. The second-order valence-electron chi connectivity index (χ2n) is 6.87. The first-order valence-corrected chi connectivity index (χ1v) is 9.69. The van der Waals surface area contributed by atoms with E-state index in [9.17, 15) is 23.1 Å². The van der Waals surface area contributed by atoms with Gasteiger partial charge in [0.1, 0.15) is 17.6 Å². The fourth-order valence-electron chi connectivity index (χ4n) is 3.05. The van der Waals surface area contributed by atoms with Crippen molar-refractivity contribution in [1.82, 2.24) is 5.32 Å². The zero-order valence-electron chi connectivity index (χ0n) is 17.1. The molecule has 0 spiro atoms. The SMILES string of the molecule is COCC(O)CNC(=O)C1C=CC(c2ccc(OC(F)F)cc2)=NN1c1cccc(F)c1. The molecule has 0 saturated heterocycles. The highest BCUT2D eigenvalue weighted by Crippen LogP contribution is 2.24. The minimum absolute atomic E-state index is 0.00186. The Morgan fingerprint density at radius 1 is 1.25 bits per heavy atom. The number of hydrazone groups is 1. The number of aliphatic hydroxyl groups is 1. The molecule has 1 aliphatic rings. The van der Waals surface area contributed by atoms with Crippen LogP contribution in [-0.2, 0) is 9.53 Å². The summed E-state index contributed by atoms with van der Waals surface area (Å²) in [5, 5.41) is 18.2. The number of allylic oxidation sites excluding steroid dienone is 1. The fraction of sp³-hybridized carbons (Fsp3) is 0.273. The number of aliphatic hydroxyl groups excluding tert-OH is 1. The average Bonchev–Trinajstić information content (AvgIpc) is 2.77. The van der Waals surface area contributed by atoms with Gasteiger partial charge in [-0.2, -0.15) is 13.9 Å². The molecule has 32 heavy (non-hydrogen) atoms. The zero-order valence-corrected chi connectivity index (χ0v) is 17.1. The summed E-state index contributed by atoms with van der Waals surface area (Å²) in [4.78, 5) is 12.8. The lowest BCUT2D eigenvalue weighted by Crippen LogP contribution is -2.47. The summed E-state index contributed by atoms with van der Waals surface area (Å²) in [5.74, 6) is -0.959. The summed E-state index contributed by atoms with van der Waals surface area (Å²) >= 11 is 0. The van der Waals surface area contributed by atoms with E-state index >= 15 is 0 Å². The third-order valence-corrected chi connectivity index (χ3v) is 4.50. The lowest BCUT2D eigenvalue weighted by atomic mass is 10.1. The summed E-state index contributed by atoms with van der Waals surface area (Å²) in [7, 11) is 1.43. The Balaban J connectivity index is 1.85. The van der Waals surface area contributed by atoms with E-state index in [1.54, 1.807) is 30.4 Å². The minimum atomic E-state index is -2.93. The van der Waals surface area contributed by atoms with Gasteiger partial charge in [0.05, 0.1) is 24.1 Å². The van der Waals surface area contributed by atoms with E-state index < -0.39 is 30.5 Å². The van der Waals surface area contributed by atoms with Crippen LogP contribution in [0.4, 0.5) is 18.9 Å². The molecule has 1 aliphatic heterocycles. The Bertz CT molecular complexity index is 983. The highest BCUT2D eigenvalue weighted by molar-refractivity contribution is 6.11. The van der Waals surface area contributed by atoms with Crippen LogP contribution in [0.5, 0.6) is 5.75 Å². The lowest BCUT2D eigenvalue weighted by molar-refractivity contribution is -0.122. The van der Waals surface area contributed by atoms with Crippen LogP contribution in [0.15, 0.2) is 65.8 Å². The molecule has 10 heteroatoms. The van der Waals surface area contributed by atoms with Gasteiger partial charge in [0.15, 0.2) is 0 Å². The smallest absolute Gasteiger partial charge is 0.387 e. The van der Waals surface area contributed by atoms with Crippen LogP contribution in [0.25, 0.3) is 0 Å². The Labute approximate surface area is 182 Å². The summed E-state index contributed by atoms with van der Waals surface area (Å²) in [6.45, 7) is -2.91. The predicted molar refractivity (Wildman–Crippen MR) is 112 cm³/mol. The van der Waals surface area contributed by atoms with Gasteiger partial charge in [-0.05, 0) is 54.6 Å². The van der Waals surface area contributed by atoms with E-state index in [2.05, 4.69) is 15.2 Å². The number of carbonyl (C=O) groups excluding carboxylic acids is 1. The number of nitrogens with one attached hydrogen (secondary N) is 1. The van der Waals surface area contributed by atoms with Crippen molar-refractivity contribution in [3.05, 3.63) is 72.1 Å². The van der Waals surface area contributed by atoms with Crippen LogP contribution >= 0.6 is 0 Å². The second-order valence-corrected chi connectivity index (χ2v) is 6.87. The maximum Gasteiger partial charge on any atom is 0.387 e. The molecular formula is C22H22F3N3O4. The highest BCUT2D eigenvalue weighted by atomic mass is 19.3. The molecule has 0 aliphatic carbocycles. The molecule has 2 atom stereocenters. The number of halogens is 3. The molecule has 170 valence electrons. The summed E-state index contributed by atoms with van der Waals surface area (Å²) in [6.07, 6.45) is 2.30. The van der Waals surface area contributed by atoms with Crippen LogP contribution in [0.1, 0.15) is 5.56 Å². The fourth-order valence-corrected chi connectivity index (χ4v) is 3.05. The number of rotatable bonds is 9. The topological polar surface area (TPSA) is 83.4 Å². The number of carbonyl (C=O) groups is 1. The van der Waals surface area contributed by atoms with E-state index in [-0.39, 0.29) is 18.9 Å². The van der Waals surface area contributed by atoms with Crippen LogP contribution in [0, 0.1) is 5.82 Å². The largest absolute Gasteiger partial charge is 0.435 e. The molecule has 2 aromatic carbocycles. The zero-order chi connectivity index (χ0) is 23.1. The Hall–Kier alpha value is -3.37. The number of nitrogens with zero attached hydrogens (tertiary/aromatic N) is 2. The molecule has 0 bridgehead atoms. The first kappa shape index (κ1) is 23.3. The normalized spacial score (nSPS) is 16.6. The van der Waals surface area contributed by atoms with Gasteiger partial charge in [0.25, 0.3) is 0 Å². The Kier molecular flexibility index (Phi) is 7.85. The average molecular weight is 449 g/mol. The number of ether oxygens (including phenoxy) is 2. The van der Waals surface area contributed by atoms with Crippen molar-refractivity contribution in [3.8, 4) is 5.75 Å². The Morgan fingerprint density at radius 2 is 2.00 bits per heavy atom. The van der Waals surface area contributed by atoms with E-state index in [0.29, 0.717) is 17.0 Å². The molecule has 0 aromatic heterocycles. The number of benzene rings is 2. The Morgan fingerprint density at radius 3 is 2.66 bits per heavy atom. The van der Waals surface area contributed by atoms with Gasteiger partial charge in [-0.3, -0.25) is 4.79 Å². The van der Waals surface area contributed by atoms with Crippen LogP contribution < -0.4 is 15.1 Å². The lowest BCUT2D eigenvalue weighted by Gasteiger charge is -2.30. The van der Waals surface area contributed by atoms with Crippen molar-refractivity contribution in [2.75, 3.05) is 25.3 Å². The molecular weight excluding hydrogens is 427 g/mol. The third kappa shape index (κ3) is 6.08.